The first-order chi connectivity index (χ1) is 9.15. The molecule has 0 saturated heterocycles. The summed E-state index contributed by atoms with van der Waals surface area (Å²) in [6.45, 7) is 2.07. The van der Waals surface area contributed by atoms with Gasteiger partial charge in [0.15, 0.2) is 11.5 Å². The molecule has 2 aromatic rings. The number of nitrogens with one attached hydrogen (secondary N) is 1. The van der Waals surface area contributed by atoms with Gasteiger partial charge < -0.3 is 20.5 Å². The third-order valence-corrected chi connectivity index (χ3v) is 3.88. The quantitative estimate of drug-likeness (QED) is 0.827. The number of rotatable bonds is 2. The number of anilines is 2. The van der Waals surface area contributed by atoms with Crippen LogP contribution in [0.3, 0.4) is 0 Å². The maximum absolute atomic E-state index is 12.1. The van der Waals surface area contributed by atoms with Gasteiger partial charge in [0, 0.05) is 12.1 Å². The maximum Gasteiger partial charge on any atom is 0.266 e. The minimum Gasteiger partial charge on any atom is -0.454 e. The number of carbonyl (C=O) groups is 1. The van der Waals surface area contributed by atoms with E-state index in [2.05, 4.69) is 5.32 Å². The second-order valence-corrected chi connectivity index (χ2v) is 5.10. The fourth-order valence-corrected chi connectivity index (χ4v) is 2.67. The molecule has 0 atom stereocenters. The van der Waals surface area contributed by atoms with Crippen molar-refractivity contribution >= 4 is 28.6 Å². The van der Waals surface area contributed by atoms with E-state index in [9.17, 15) is 4.79 Å². The maximum atomic E-state index is 12.1. The van der Waals surface area contributed by atoms with E-state index in [1.165, 1.54) is 11.3 Å². The molecule has 0 spiro atoms. The highest BCUT2D eigenvalue weighted by Gasteiger charge is 2.18. The number of nitrogens with two attached hydrogens (primary N) is 1. The molecule has 98 valence electrons. The van der Waals surface area contributed by atoms with E-state index < -0.39 is 0 Å². The molecule has 19 heavy (non-hydrogen) atoms. The first-order valence-corrected chi connectivity index (χ1v) is 6.57. The molecular formula is C13H12N2O3S. The van der Waals surface area contributed by atoms with E-state index in [1.54, 1.807) is 12.1 Å². The second kappa shape index (κ2) is 4.47. The first kappa shape index (κ1) is 11.9. The smallest absolute Gasteiger partial charge is 0.266 e. The van der Waals surface area contributed by atoms with Crippen molar-refractivity contribution in [3.63, 3.8) is 0 Å². The Bertz CT molecular complexity index is 651. The molecule has 1 aromatic heterocycles. The molecule has 3 N–H and O–H groups in total. The second-order valence-electron chi connectivity index (χ2n) is 4.18. The Morgan fingerprint density at radius 2 is 2.11 bits per heavy atom. The fourth-order valence-electron chi connectivity index (χ4n) is 1.85. The average molecular weight is 276 g/mol. The van der Waals surface area contributed by atoms with Gasteiger partial charge in [-0.25, -0.2) is 0 Å². The number of carbonyl (C=O) groups excluding carboxylic acids is 1. The van der Waals surface area contributed by atoms with Crippen molar-refractivity contribution in [2.45, 2.75) is 6.92 Å². The number of hydrogen-bond donors (Lipinski definition) is 2. The topological polar surface area (TPSA) is 73.6 Å². The van der Waals surface area contributed by atoms with E-state index >= 15 is 0 Å². The van der Waals surface area contributed by atoms with Crippen LogP contribution in [-0.2, 0) is 0 Å². The molecular weight excluding hydrogens is 264 g/mol. The van der Waals surface area contributed by atoms with Gasteiger partial charge in [0.25, 0.3) is 5.91 Å². The number of fused-ring (bicyclic) bond motifs is 1. The van der Waals surface area contributed by atoms with Gasteiger partial charge in [-0.3, -0.25) is 4.79 Å². The SMILES string of the molecule is Cc1ccsc1C(=O)Nc1cc2c(cc1N)OCO2. The van der Waals surface area contributed by atoms with Crippen molar-refractivity contribution in [3.05, 3.63) is 34.0 Å². The van der Waals surface area contributed by atoms with Crippen LogP contribution in [0.25, 0.3) is 0 Å². The number of ether oxygens (including phenoxy) is 2. The number of thiophene rings is 1. The van der Waals surface area contributed by atoms with E-state index in [4.69, 9.17) is 15.2 Å². The highest BCUT2D eigenvalue weighted by molar-refractivity contribution is 7.12. The van der Waals surface area contributed by atoms with Crippen molar-refractivity contribution in [1.29, 1.82) is 0 Å². The molecule has 0 bridgehead atoms. The van der Waals surface area contributed by atoms with Crippen LogP contribution in [0, 0.1) is 6.92 Å². The monoisotopic (exact) mass is 276 g/mol. The number of aryl methyl sites for hydroxylation is 1. The van der Waals surface area contributed by atoms with Gasteiger partial charge in [0.2, 0.25) is 6.79 Å². The van der Waals surface area contributed by atoms with E-state index in [0.29, 0.717) is 27.8 Å². The summed E-state index contributed by atoms with van der Waals surface area (Å²) in [6.07, 6.45) is 0. The zero-order valence-corrected chi connectivity index (χ0v) is 11.0. The molecule has 2 heterocycles. The van der Waals surface area contributed by atoms with Crippen LogP contribution in [0.4, 0.5) is 11.4 Å². The minimum absolute atomic E-state index is 0.168. The van der Waals surface area contributed by atoms with Gasteiger partial charge in [0.1, 0.15) is 0 Å². The van der Waals surface area contributed by atoms with Gasteiger partial charge in [-0.2, -0.15) is 0 Å². The Morgan fingerprint density at radius 3 is 2.79 bits per heavy atom. The molecule has 0 unspecified atom stereocenters. The lowest BCUT2D eigenvalue weighted by Gasteiger charge is -2.09. The zero-order valence-electron chi connectivity index (χ0n) is 10.2. The Morgan fingerprint density at radius 1 is 1.37 bits per heavy atom. The predicted octanol–water partition coefficient (Wildman–Crippen LogP) is 2.62. The van der Waals surface area contributed by atoms with Crippen LogP contribution < -0.4 is 20.5 Å². The van der Waals surface area contributed by atoms with Crippen LogP contribution in [0.5, 0.6) is 11.5 Å². The molecule has 1 amide bonds. The lowest BCUT2D eigenvalue weighted by Crippen LogP contribution is -2.12. The third kappa shape index (κ3) is 2.10. The van der Waals surface area contributed by atoms with E-state index in [-0.39, 0.29) is 12.7 Å². The van der Waals surface area contributed by atoms with Gasteiger partial charge in [-0.15, -0.1) is 11.3 Å². The molecule has 3 rings (SSSR count). The predicted molar refractivity (Wildman–Crippen MR) is 74.0 cm³/mol. The third-order valence-electron chi connectivity index (χ3n) is 2.86. The van der Waals surface area contributed by atoms with Crippen LogP contribution >= 0.6 is 11.3 Å². The first-order valence-electron chi connectivity index (χ1n) is 5.69. The van der Waals surface area contributed by atoms with Crippen LogP contribution in [0.2, 0.25) is 0 Å². The Balaban J connectivity index is 1.88. The fraction of sp³-hybridized carbons (Fsp3) is 0.154. The molecule has 6 heteroatoms. The highest BCUT2D eigenvalue weighted by atomic mass is 32.1. The molecule has 0 aliphatic carbocycles. The summed E-state index contributed by atoms with van der Waals surface area (Å²) in [6, 6.07) is 5.24. The van der Waals surface area contributed by atoms with Crippen LogP contribution in [0.15, 0.2) is 23.6 Å². The standard InChI is InChI=1S/C13H12N2O3S/c1-7-2-3-19-12(7)13(16)15-9-5-11-10(4-8(9)14)17-6-18-11/h2-5H,6,14H2,1H3,(H,15,16). The highest BCUT2D eigenvalue weighted by Crippen LogP contribution is 2.38. The van der Waals surface area contributed by atoms with Crippen LogP contribution in [-0.4, -0.2) is 12.7 Å². The van der Waals surface area contributed by atoms with Gasteiger partial charge >= 0.3 is 0 Å². The summed E-state index contributed by atoms with van der Waals surface area (Å²) < 4.78 is 10.5. The number of nitrogen functional groups attached to an aromatic ring is 1. The Labute approximate surface area is 113 Å². The van der Waals surface area contributed by atoms with Crippen LogP contribution in [0.1, 0.15) is 15.2 Å². The van der Waals surface area contributed by atoms with Gasteiger partial charge in [-0.05, 0) is 23.9 Å². The van der Waals surface area contributed by atoms with E-state index in [1.807, 2.05) is 18.4 Å². The number of benzene rings is 1. The van der Waals surface area contributed by atoms with Crippen molar-refractivity contribution in [3.8, 4) is 11.5 Å². The number of amides is 1. The summed E-state index contributed by atoms with van der Waals surface area (Å²) in [5.74, 6) is 1.02. The summed E-state index contributed by atoms with van der Waals surface area (Å²) in [5, 5.41) is 4.68. The van der Waals surface area contributed by atoms with Crippen molar-refractivity contribution in [2.75, 3.05) is 17.8 Å². The van der Waals surface area contributed by atoms with Crippen molar-refractivity contribution < 1.29 is 14.3 Å². The van der Waals surface area contributed by atoms with Gasteiger partial charge in [0.05, 0.1) is 16.3 Å². The van der Waals surface area contributed by atoms with Crippen molar-refractivity contribution in [2.24, 2.45) is 0 Å². The Hall–Kier alpha value is -2.21. The summed E-state index contributed by atoms with van der Waals surface area (Å²) in [5.41, 5.74) is 7.81. The van der Waals surface area contributed by atoms with Crippen molar-refractivity contribution in [1.82, 2.24) is 0 Å². The summed E-state index contributed by atoms with van der Waals surface area (Å²) in [4.78, 5) is 12.8. The molecule has 1 aromatic carbocycles. The Kier molecular flexibility index (Phi) is 2.79. The zero-order chi connectivity index (χ0) is 13.4. The average Bonchev–Trinajstić information content (AvgIpc) is 2.98. The lowest BCUT2D eigenvalue weighted by atomic mass is 10.2. The van der Waals surface area contributed by atoms with Gasteiger partial charge in [-0.1, -0.05) is 0 Å². The summed E-state index contributed by atoms with van der Waals surface area (Å²) >= 11 is 1.40. The number of hydrogen-bond acceptors (Lipinski definition) is 5. The largest absolute Gasteiger partial charge is 0.454 e. The summed E-state index contributed by atoms with van der Waals surface area (Å²) in [7, 11) is 0. The molecule has 5 nitrogen and oxygen atoms in total. The normalized spacial score (nSPS) is 12.5. The molecule has 0 radical (unpaired) electrons. The molecule has 0 saturated carbocycles. The molecule has 1 aliphatic rings. The molecule has 0 fully saturated rings. The minimum atomic E-state index is -0.168. The molecule has 1 aliphatic heterocycles. The lowest BCUT2D eigenvalue weighted by molar-refractivity contribution is 0.103. The van der Waals surface area contributed by atoms with E-state index in [0.717, 1.165) is 5.56 Å².